The fraction of sp³-hybridized carbons (Fsp3) is 1.00. The Kier molecular flexibility index (Phi) is 9.62. The van der Waals surface area contributed by atoms with Gasteiger partial charge in [-0.1, -0.05) is 6.92 Å². The molecule has 19 heavy (non-hydrogen) atoms. The lowest BCUT2D eigenvalue weighted by molar-refractivity contribution is -0.0851. The maximum Gasteiger partial charge on any atom is 0.0707 e. The van der Waals surface area contributed by atoms with E-state index >= 15 is 0 Å². The summed E-state index contributed by atoms with van der Waals surface area (Å²) in [6.45, 7) is 13.7. The van der Waals surface area contributed by atoms with E-state index in [1.165, 1.54) is 0 Å². The molecule has 0 amide bonds. The summed E-state index contributed by atoms with van der Waals surface area (Å²) in [5.41, 5.74) is -0.215. The molecule has 0 atom stereocenters. The van der Waals surface area contributed by atoms with E-state index in [2.05, 4.69) is 34.6 Å². The van der Waals surface area contributed by atoms with Gasteiger partial charge in [-0.2, -0.15) is 0 Å². The highest BCUT2D eigenvalue weighted by Crippen LogP contribution is 2.18. The largest absolute Gasteiger partial charge is 0.382 e. The molecule has 0 N–H and O–H groups in total. The third-order valence-corrected chi connectivity index (χ3v) is 3.20. The summed E-state index contributed by atoms with van der Waals surface area (Å²) in [5.74, 6) is 0. The molecule has 4 heteroatoms. The minimum atomic E-state index is -0.172. The Morgan fingerprint density at radius 3 is 1.89 bits per heavy atom. The lowest BCUT2D eigenvalue weighted by Gasteiger charge is -2.29. The number of hydrogen-bond acceptors (Lipinski definition) is 4. The Hall–Kier alpha value is -0.160. The first-order valence-corrected chi connectivity index (χ1v) is 7.17. The summed E-state index contributed by atoms with van der Waals surface area (Å²) in [6, 6.07) is 0. The Morgan fingerprint density at radius 2 is 1.32 bits per heavy atom. The monoisotopic (exact) mass is 276 g/mol. The van der Waals surface area contributed by atoms with E-state index in [-0.39, 0.29) is 11.2 Å². The molecule has 0 saturated heterocycles. The highest BCUT2D eigenvalue weighted by molar-refractivity contribution is 4.71. The van der Waals surface area contributed by atoms with Crippen LogP contribution < -0.4 is 0 Å². The van der Waals surface area contributed by atoms with Crippen molar-refractivity contribution in [3.63, 3.8) is 0 Å². The Bertz CT molecular complexity index is 214. The zero-order valence-corrected chi connectivity index (χ0v) is 13.6. The van der Waals surface area contributed by atoms with Gasteiger partial charge in [0.15, 0.2) is 0 Å². The van der Waals surface area contributed by atoms with Crippen LogP contribution in [0.25, 0.3) is 0 Å². The first kappa shape index (κ1) is 18.8. The molecule has 0 fully saturated rings. The second-order valence-corrected chi connectivity index (χ2v) is 5.93. The molecule has 0 bridgehead atoms. The fourth-order valence-corrected chi connectivity index (χ4v) is 1.37. The molecule has 0 aliphatic rings. The molecule has 0 aromatic heterocycles. The molecule has 0 radical (unpaired) electrons. The van der Waals surface area contributed by atoms with E-state index in [0.717, 1.165) is 19.4 Å². The van der Waals surface area contributed by atoms with Gasteiger partial charge in [0.25, 0.3) is 0 Å². The van der Waals surface area contributed by atoms with Gasteiger partial charge < -0.3 is 18.9 Å². The quantitative estimate of drug-likeness (QED) is 0.513. The average molecular weight is 276 g/mol. The van der Waals surface area contributed by atoms with Gasteiger partial charge >= 0.3 is 0 Å². The molecule has 0 heterocycles. The molecule has 116 valence electrons. The summed E-state index contributed by atoms with van der Waals surface area (Å²) in [7, 11) is 1.67. The van der Waals surface area contributed by atoms with Crippen LogP contribution in [0.1, 0.15) is 47.5 Å². The zero-order chi connectivity index (χ0) is 14.8. The van der Waals surface area contributed by atoms with E-state index < -0.39 is 0 Å². The van der Waals surface area contributed by atoms with Crippen LogP contribution in [0.4, 0.5) is 0 Å². The van der Waals surface area contributed by atoms with Gasteiger partial charge in [0.05, 0.1) is 44.2 Å². The second kappa shape index (κ2) is 9.70. The Morgan fingerprint density at radius 1 is 0.737 bits per heavy atom. The van der Waals surface area contributed by atoms with Crippen molar-refractivity contribution in [3.8, 4) is 0 Å². The van der Waals surface area contributed by atoms with Crippen molar-refractivity contribution >= 4 is 0 Å². The maximum atomic E-state index is 5.85. The summed E-state index contributed by atoms with van der Waals surface area (Å²) >= 11 is 0. The zero-order valence-electron chi connectivity index (χ0n) is 13.6. The SMILES string of the molecule is CCC(C)(C)OCCC(C)(C)OCCOCCOC. The molecule has 4 nitrogen and oxygen atoms in total. The average Bonchev–Trinajstić information content (AvgIpc) is 2.33. The summed E-state index contributed by atoms with van der Waals surface area (Å²) in [6.07, 6.45) is 1.90. The molecular formula is C15H32O4. The van der Waals surface area contributed by atoms with E-state index in [0.29, 0.717) is 26.4 Å². The van der Waals surface area contributed by atoms with Crippen LogP contribution in [0.15, 0.2) is 0 Å². The second-order valence-electron chi connectivity index (χ2n) is 5.93. The molecule has 0 saturated carbocycles. The molecule has 0 aliphatic heterocycles. The van der Waals surface area contributed by atoms with Crippen molar-refractivity contribution in [1.29, 1.82) is 0 Å². The van der Waals surface area contributed by atoms with Crippen LogP contribution in [0.2, 0.25) is 0 Å². The van der Waals surface area contributed by atoms with Crippen molar-refractivity contribution in [2.45, 2.75) is 58.7 Å². The number of hydrogen-bond donors (Lipinski definition) is 0. The van der Waals surface area contributed by atoms with Crippen LogP contribution in [0.5, 0.6) is 0 Å². The van der Waals surface area contributed by atoms with Crippen LogP contribution >= 0.6 is 0 Å². The van der Waals surface area contributed by atoms with E-state index in [4.69, 9.17) is 18.9 Å². The van der Waals surface area contributed by atoms with Crippen molar-refractivity contribution in [2.24, 2.45) is 0 Å². The van der Waals surface area contributed by atoms with Gasteiger partial charge in [0.2, 0.25) is 0 Å². The normalized spacial score (nSPS) is 12.9. The predicted molar refractivity (Wildman–Crippen MR) is 77.7 cm³/mol. The molecule has 0 spiro atoms. The maximum absolute atomic E-state index is 5.85. The Balaban J connectivity index is 3.63. The fourth-order valence-electron chi connectivity index (χ4n) is 1.37. The van der Waals surface area contributed by atoms with Crippen molar-refractivity contribution in [3.05, 3.63) is 0 Å². The molecule has 0 rings (SSSR count). The highest BCUT2D eigenvalue weighted by Gasteiger charge is 2.21. The van der Waals surface area contributed by atoms with E-state index in [1.807, 2.05) is 0 Å². The lowest BCUT2D eigenvalue weighted by Crippen LogP contribution is -2.31. The number of ether oxygens (including phenoxy) is 4. The van der Waals surface area contributed by atoms with Crippen LogP contribution in [-0.2, 0) is 18.9 Å². The summed E-state index contributed by atoms with van der Waals surface area (Å²) < 4.78 is 21.9. The van der Waals surface area contributed by atoms with Crippen molar-refractivity contribution < 1.29 is 18.9 Å². The lowest BCUT2D eigenvalue weighted by atomic mass is 10.0. The van der Waals surface area contributed by atoms with Crippen LogP contribution in [0.3, 0.4) is 0 Å². The number of methoxy groups -OCH3 is 1. The Labute approximate surface area is 118 Å². The molecule has 0 aromatic carbocycles. The third kappa shape index (κ3) is 11.4. The van der Waals surface area contributed by atoms with Gasteiger partial charge in [-0.3, -0.25) is 0 Å². The predicted octanol–water partition coefficient (Wildman–Crippen LogP) is 3.04. The summed E-state index contributed by atoms with van der Waals surface area (Å²) in [4.78, 5) is 0. The molecule has 0 aliphatic carbocycles. The van der Waals surface area contributed by atoms with Crippen LogP contribution in [0, 0.1) is 0 Å². The van der Waals surface area contributed by atoms with Gasteiger partial charge in [-0.15, -0.1) is 0 Å². The van der Waals surface area contributed by atoms with Gasteiger partial charge in [-0.05, 0) is 40.5 Å². The minimum absolute atomic E-state index is 0.0423. The first-order valence-electron chi connectivity index (χ1n) is 7.17. The van der Waals surface area contributed by atoms with E-state index in [9.17, 15) is 0 Å². The van der Waals surface area contributed by atoms with Gasteiger partial charge in [0, 0.05) is 7.11 Å². The molecule has 0 unspecified atom stereocenters. The minimum Gasteiger partial charge on any atom is -0.382 e. The summed E-state index contributed by atoms with van der Waals surface area (Å²) in [5, 5.41) is 0. The van der Waals surface area contributed by atoms with Gasteiger partial charge in [0.1, 0.15) is 0 Å². The standard InChI is InChI=1S/C15H32O4/c1-7-14(2,3)18-9-8-15(4,5)19-13-12-17-11-10-16-6/h7-13H2,1-6H3. The smallest absolute Gasteiger partial charge is 0.0707 e. The topological polar surface area (TPSA) is 36.9 Å². The van der Waals surface area contributed by atoms with Crippen LogP contribution in [-0.4, -0.2) is 51.3 Å². The van der Waals surface area contributed by atoms with Crippen molar-refractivity contribution in [1.82, 2.24) is 0 Å². The molecule has 0 aromatic rings. The van der Waals surface area contributed by atoms with Crippen molar-refractivity contribution in [2.75, 3.05) is 40.1 Å². The molecular weight excluding hydrogens is 244 g/mol. The third-order valence-electron chi connectivity index (χ3n) is 3.20. The van der Waals surface area contributed by atoms with E-state index in [1.54, 1.807) is 7.11 Å². The van der Waals surface area contributed by atoms with Gasteiger partial charge in [-0.25, -0.2) is 0 Å². The highest BCUT2D eigenvalue weighted by atomic mass is 16.5. The number of rotatable bonds is 12. The first-order chi connectivity index (χ1) is 8.83.